The Morgan fingerprint density at radius 3 is 2.41 bits per heavy atom. The normalized spacial score (nSPS) is 16.0. The van der Waals surface area contributed by atoms with Gasteiger partial charge in [0.15, 0.2) is 6.10 Å². The Morgan fingerprint density at radius 2 is 1.83 bits per heavy atom. The van der Waals surface area contributed by atoms with Crippen LogP contribution in [0.4, 0.5) is 0 Å². The maximum atomic E-state index is 12.3. The van der Waals surface area contributed by atoms with E-state index in [1.165, 1.54) is 6.92 Å². The maximum Gasteiger partial charge on any atom is 0.326 e. The van der Waals surface area contributed by atoms with Gasteiger partial charge in [0.25, 0.3) is 11.8 Å². The maximum absolute atomic E-state index is 12.3. The van der Waals surface area contributed by atoms with Gasteiger partial charge in [-0.15, -0.1) is 0 Å². The molecule has 8 nitrogen and oxygen atoms in total. The molecule has 0 spiro atoms. The number of amides is 2. The van der Waals surface area contributed by atoms with Gasteiger partial charge in [0.05, 0.1) is 12.7 Å². The Labute approximate surface area is 170 Å². The zero-order valence-electron chi connectivity index (χ0n) is 16.8. The van der Waals surface area contributed by atoms with Crippen molar-refractivity contribution in [2.45, 2.75) is 57.6 Å². The Bertz CT molecular complexity index is 764. The molecule has 2 rings (SSSR count). The summed E-state index contributed by atoms with van der Waals surface area (Å²) in [5.74, 6) is -1.04. The third-order valence-electron chi connectivity index (χ3n) is 4.78. The van der Waals surface area contributed by atoms with Gasteiger partial charge < -0.3 is 20.1 Å². The van der Waals surface area contributed by atoms with Gasteiger partial charge >= 0.3 is 5.97 Å². The van der Waals surface area contributed by atoms with Crippen LogP contribution in [0, 0.1) is 11.3 Å². The molecule has 0 bridgehead atoms. The highest BCUT2D eigenvalue weighted by Crippen LogP contribution is 2.27. The van der Waals surface area contributed by atoms with E-state index < -0.39 is 29.4 Å². The molecule has 1 aliphatic carbocycles. The molecule has 29 heavy (non-hydrogen) atoms. The van der Waals surface area contributed by atoms with E-state index in [-0.39, 0.29) is 6.54 Å². The largest absolute Gasteiger partial charge is 0.494 e. The van der Waals surface area contributed by atoms with Crippen LogP contribution in [0.2, 0.25) is 0 Å². The van der Waals surface area contributed by atoms with Crippen molar-refractivity contribution in [2.75, 3.05) is 13.2 Å². The van der Waals surface area contributed by atoms with Crippen LogP contribution >= 0.6 is 0 Å². The number of hydrogen-bond acceptors (Lipinski definition) is 6. The lowest BCUT2D eigenvalue weighted by molar-refractivity contribution is -0.154. The Hall–Kier alpha value is -3.08. The summed E-state index contributed by atoms with van der Waals surface area (Å²) < 4.78 is 10.4. The number of nitrogens with zero attached hydrogens (tertiary/aromatic N) is 1. The van der Waals surface area contributed by atoms with Gasteiger partial charge in [0.1, 0.15) is 17.8 Å². The molecule has 156 valence electrons. The minimum Gasteiger partial charge on any atom is -0.494 e. The second kappa shape index (κ2) is 10.5. The van der Waals surface area contributed by atoms with E-state index in [0.717, 1.165) is 19.3 Å². The van der Waals surface area contributed by atoms with Crippen LogP contribution in [0.5, 0.6) is 5.75 Å². The van der Waals surface area contributed by atoms with Crippen LogP contribution in [0.15, 0.2) is 24.3 Å². The van der Waals surface area contributed by atoms with E-state index >= 15 is 0 Å². The first kappa shape index (κ1) is 22.2. The summed E-state index contributed by atoms with van der Waals surface area (Å²) in [4.78, 5) is 36.4. The van der Waals surface area contributed by atoms with Crippen molar-refractivity contribution in [3.05, 3.63) is 29.8 Å². The van der Waals surface area contributed by atoms with Gasteiger partial charge in [-0.2, -0.15) is 5.26 Å². The fourth-order valence-corrected chi connectivity index (χ4v) is 3.17. The van der Waals surface area contributed by atoms with Crippen molar-refractivity contribution in [1.82, 2.24) is 10.6 Å². The SMILES string of the molecule is CCOc1ccc(C(=O)NCC(=O)O[C@@H](C)C(=O)NC2(C#N)CCCCC2)cc1. The van der Waals surface area contributed by atoms with Crippen LogP contribution in [0.1, 0.15) is 56.3 Å². The second-order valence-corrected chi connectivity index (χ2v) is 7.02. The van der Waals surface area contributed by atoms with E-state index in [1.54, 1.807) is 24.3 Å². The third-order valence-corrected chi connectivity index (χ3v) is 4.78. The fourth-order valence-electron chi connectivity index (χ4n) is 3.17. The lowest BCUT2D eigenvalue weighted by Crippen LogP contribution is -2.52. The van der Waals surface area contributed by atoms with Gasteiger partial charge in [0, 0.05) is 5.56 Å². The molecular weight excluding hydrogens is 374 g/mol. The van der Waals surface area contributed by atoms with Crippen molar-refractivity contribution >= 4 is 17.8 Å². The first-order valence-corrected chi connectivity index (χ1v) is 9.83. The van der Waals surface area contributed by atoms with E-state index in [9.17, 15) is 19.6 Å². The number of rotatable bonds is 8. The predicted octanol–water partition coefficient (Wildman–Crippen LogP) is 2.09. The predicted molar refractivity (Wildman–Crippen MR) is 105 cm³/mol. The zero-order valence-corrected chi connectivity index (χ0v) is 16.8. The summed E-state index contributed by atoms with van der Waals surface area (Å²) in [5.41, 5.74) is -0.516. The average molecular weight is 401 g/mol. The van der Waals surface area contributed by atoms with Crippen LogP contribution in [-0.2, 0) is 14.3 Å². The molecule has 0 unspecified atom stereocenters. The Balaban J connectivity index is 1.79. The molecule has 0 radical (unpaired) electrons. The highest BCUT2D eigenvalue weighted by Gasteiger charge is 2.35. The number of benzene rings is 1. The van der Waals surface area contributed by atoms with E-state index in [1.807, 2.05) is 6.92 Å². The fraction of sp³-hybridized carbons (Fsp3) is 0.524. The second-order valence-electron chi connectivity index (χ2n) is 7.02. The molecule has 1 fully saturated rings. The quantitative estimate of drug-likeness (QED) is 0.644. The molecule has 8 heteroatoms. The first-order chi connectivity index (χ1) is 13.9. The molecule has 0 saturated heterocycles. The van der Waals surface area contributed by atoms with Crippen LogP contribution in [0.25, 0.3) is 0 Å². The lowest BCUT2D eigenvalue weighted by atomic mass is 9.83. The summed E-state index contributed by atoms with van der Waals surface area (Å²) in [6.07, 6.45) is 2.91. The molecule has 1 aliphatic rings. The summed E-state index contributed by atoms with van der Waals surface area (Å²) in [7, 11) is 0. The molecular formula is C21H27N3O5. The van der Waals surface area contributed by atoms with Crippen LogP contribution < -0.4 is 15.4 Å². The molecule has 0 heterocycles. The number of esters is 1. The lowest BCUT2D eigenvalue weighted by Gasteiger charge is -2.32. The summed E-state index contributed by atoms with van der Waals surface area (Å²) in [5, 5.41) is 14.6. The topological polar surface area (TPSA) is 118 Å². The number of ether oxygens (including phenoxy) is 2. The number of nitrogens with one attached hydrogen (secondary N) is 2. The van der Waals surface area contributed by atoms with Gasteiger partial charge in [0.2, 0.25) is 0 Å². The minimum absolute atomic E-state index is 0.368. The number of nitriles is 1. The smallest absolute Gasteiger partial charge is 0.326 e. The molecule has 1 saturated carbocycles. The number of hydrogen-bond donors (Lipinski definition) is 2. The van der Waals surface area contributed by atoms with E-state index in [2.05, 4.69) is 16.7 Å². The highest BCUT2D eigenvalue weighted by atomic mass is 16.5. The molecule has 2 N–H and O–H groups in total. The van der Waals surface area contributed by atoms with Crippen LogP contribution in [-0.4, -0.2) is 42.6 Å². The Morgan fingerprint density at radius 1 is 1.17 bits per heavy atom. The molecule has 0 aliphatic heterocycles. The average Bonchev–Trinajstić information content (AvgIpc) is 2.73. The Kier molecular flexibility index (Phi) is 8.01. The van der Waals surface area contributed by atoms with Gasteiger partial charge in [-0.05, 0) is 51.0 Å². The van der Waals surface area contributed by atoms with E-state index in [4.69, 9.17) is 9.47 Å². The van der Waals surface area contributed by atoms with Gasteiger partial charge in [-0.3, -0.25) is 14.4 Å². The highest BCUT2D eigenvalue weighted by molar-refractivity contribution is 5.96. The summed E-state index contributed by atoms with van der Waals surface area (Å²) in [6.45, 7) is 3.46. The molecule has 2 amide bonds. The first-order valence-electron chi connectivity index (χ1n) is 9.83. The summed E-state index contributed by atoms with van der Waals surface area (Å²) >= 11 is 0. The zero-order chi connectivity index (χ0) is 21.3. The molecule has 0 aromatic heterocycles. The standard InChI is InChI=1S/C21H27N3O5/c1-3-28-17-9-7-16(8-10-17)20(27)23-13-18(25)29-15(2)19(26)24-21(14-22)11-5-4-6-12-21/h7-10,15H,3-6,11-13H2,1-2H3,(H,23,27)(H,24,26)/t15-/m0/s1. The van der Waals surface area contributed by atoms with Crippen molar-refractivity contribution in [3.63, 3.8) is 0 Å². The van der Waals surface area contributed by atoms with Crippen molar-refractivity contribution < 1.29 is 23.9 Å². The minimum atomic E-state index is -1.06. The number of carbonyl (C=O) groups excluding carboxylic acids is 3. The van der Waals surface area contributed by atoms with Gasteiger partial charge in [-0.1, -0.05) is 19.3 Å². The van der Waals surface area contributed by atoms with Crippen molar-refractivity contribution in [3.8, 4) is 11.8 Å². The summed E-state index contributed by atoms with van der Waals surface area (Å²) in [6, 6.07) is 8.70. The van der Waals surface area contributed by atoms with Crippen molar-refractivity contribution in [2.24, 2.45) is 0 Å². The van der Waals surface area contributed by atoms with E-state index in [0.29, 0.717) is 30.8 Å². The van der Waals surface area contributed by atoms with Crippen molar-refractivity contribution in [1.29, 1.82) is 5.26 Å². The monoisotopic (exact) mass is 401 g/mol. The number of carbonyl (C=O) groups is 3. The molecule has 1 aromatic carbocycles. The molecule has 1 aromatic rings. The molecule has 1 atom stereocenters. The van der Waals surface area contributed by atoms with Crippen LogP contribution in [0.3, 0.4) is 0 Å². The third kappa shape index (κ3) is 6.49. The van der Waals surface area contributed by atoms with Gasteiger partial charge in [-0.25, -0.2) is 0 Å².